The molecule has 2 aromatic rings. The first-order valence-corrected chi connectivity index (χ1v) is 10.6. The van der Waals surface area contributed by atoms with Gasteiger partial charge in [-0.15, -0.1) is 0 Å². The van der Waals surface area contributed by atoms with Crippen molar-refractivity contribution in [3.63, 3.8) is 0 Å². The lowest BCUT2D eigenvalue weighted by atomic mass is 9.98. The Morgan fingerprint density at radius 3 is 2.06 bits per heavy atom. The Kier molecular flexibility index (Phi) is 8.02. The molecule has 0 bridgehead atoms. The summed E-state index contributed by atoms with van der Waals surface area (Å²) in [6.45, 7) is 0.0651. The van der Waals surface area contributed by atoms with Crippen LogP contribution >= 0.6 is 0 Å². The highest BCUT2D eigenvalue weighted by Gasteiger charge is 2.30. The van der Waals surface area contributed by atoms with Crippen LogP contribution in [0.5, 0.6) is 0 Å². The van der Waals surface area contributed by atoms with E-state index < -0.39 is 30.1 Å². The van der Waals surface area contributed by atoms with Gasteiger partial charge in [-0.2, -0.15) is 0 Å². The minimum atomic E-state index is -1.17. The molecule has 3 N–H and O–H groups in total. The molecule has 176 valence electrons. The zero-order valence-corrected chi connectivity index (χ0v) is 18.9. The average molecular weight is 456 g/mol. The third-order valence-electron chi connectivity index (χ3n) is 5.45. The van der Waals surface area contributed by atoms with Gasteiger partial charge in [-0.3, -0.25) is 4.79 Å². The number of amides is 2. The molecular formula is C24H29N3O6. The molecule has 0 aromatic heterocycles. The predicted molar refractivity (Wildman–Crippen MR) is 122 cm³/mol. The number of nitrogens with one attached hydrogen (secondary N) is 2. The van der Waals surface area contributed by atoms with Crippen LogP contribution in [0, 0.1) is 0 Å². The highest BCUT2D eigenvalue weighted by molar-refractivity contribution is 5.89. The van der Waals surface area contributed by atoms with E-state index in [4.69, 9.17) is 9.47 Å². The van der Waals surface area contributed by atoms with Gasteiger partial charge in [-0.05, 0) is 36.3 Å². The zero-order valence-electron chi connectivity index (χ0n) is 18.9. The molecule has 0 saturated heterocycles. The average Bonchev–Trinajstić information content (AvgIpc) is 3.10. The number of carboxylic acids is 1. The quantitative estimate of drug-likeness (QED) is 0.499. The van der Waals surface area contributed by atoms with Crippen molar-refractivity contribution in [1.29, 1.82) is 0 Å². The fraction of sp³-hybridized carbons (Fsp3) is 0.375. The van der Waals surface area contributed by atoms with Gasteiger partial charge < -0.3 is 30.1 Å². The second-order valence-electron chi connectivity index (χ2n) is 8.14. The van der Waals surface area contributed by atoms with Gasteiger partial charge in [0.2, 0.25) is 5.91 Å². The van der Waals surface area contributed by atoms with Crippen LogP contribution in [0.25, 0.3) is 11.1 Å². The van der Waals surface area contributed by atoms with Crippen molar-refractivity contribution in [2.75, 3.05) is 41.0 Å². The van der Waals surface area contributed by atoms with Crippen molar-refractivity contribution < 1.29 is 29.0 Å². The fourth-order valence-corrected chi connectivity index (χ4v) is 3.95. The molecule has 1 aliphatic rings. The van der Waals surface area contributed by atoms with E-state index >= 15 is 0 Å². The molecule has 9 nitrogen and oxygen atoms in total. The molecule has 2 amide bonds. The monoisotopic (exact) mass is 455 g/mol. The molecule has 0 saturated carbocycles. The van der Waals surface area contributed by atoms with Gasteiger partial charge in [0, 0.05) is 19.6 Å². The number of hydrogen-bond acceptors (Lipinski definition) is 6. The fourth-order valence-electron chi connectivity index (χ4n) is 3.95. The summed E-state index contributed by atoms with van der Waals surface area (Å²) < 4.78 is 10.5. The Bertz CT molecular complexity index is 964. The van der Waals surface area contributed by atoms with E-state index in [-0.39, 0.29) is 25.7 Å². The lowest BCUT2D eigenvalue weighted by molar-refractivity contribution is -0.142. The normalized spacial score (nSPS) is 14.2. The van der Waals surface area contributed by atoms with Gasteiger partial charge in [0.1, 0.15) is 18.7 Å². The molecule has 0 heterocycles. The molecular weight excluding hydrogens is 426 g/mol. The van der Waals surface area contributed by atoms with E-state index in [1.54, 1.807) is 19.0 Å². The second-order valence-corrected chi connectivity index (χ2v) is 8.14. The number of methoxy groups -OCH3 is 1. The summed E-state index contributed by atoms with van der Waals surface area (Å²) in [4.78, 5) is 38.2. The summed E-state index contributed by atoms with van der Waals surface area (Å²) in [5.74, 6) is -1.96. The Morgan fingerprint density at radius 2 is 1.55 bits per heavy atom. The van der Waals surface area contributed by atoms with Crippen molar-refractivity contribution >= 4 is 18.0 Å². The molecule has 2 aromatic carbocycles. The van der Waals surface area contributed by atoms with Crippen molar-refractivity contribution in [3.8, 4) is 11.1 Å². The van der Waals surface area contributed by atoms with Gasteiger partial charge in [0.05, 0.1) is 6.61 Å². The standard InChI is InChI=1S/C24H29N3O6/c1-27(2)12-20(23(29)30)25-22(28)21(14-32-3)26-24(31)33-13-19-17-10-6-4-8-15(17)16-9-5-7-11-18(16)19/h4-11,19-21H,12-14H2,1-3H3,(H,25,28)(H,26,31)(H,29,30)/t20?,21-/m0/s1. The number of fused-ring (bicyclic) bond motifs is 3. The first kappa shape index (κ1) is 24.2. The first-order valence-electron chi connectivity index (χ1n) is 10.6. The van der Waals surface area contributed by atoms with Gasteiger partial charge >= 0.3 is 12.1 Å². The van der Waals surface area contributed by atoms with Gasteiger partial charge in [0.15, 0.2) is 0 Å². The van der Waals surface area contributed by atoms with Gasteiger partial charge in [0.25, 0.3) is 0 Å². The Morgan fingerprint density at radius 1 is 0.970 bits per heavy atom. The van der Waals surface area contributed by atoms with E-state index in [1.807, 2.05) is 48.5 Å². The molecule has 3 rings (SSSR count). The SMILES string of the molecule is COC[C@H](NC(=O)OCC1c2ccccc2-c2ccccc21)C(=O)NC(CN(C)C)C(=O)O. The molecule has 0 aliphatic heterocycles. The van der Waals surface area contributed by atoms with E-state index in [1.165, 1.54) is 7.11 Å². The Labute approximate surface area is 192 Å². The number of carbonyl (C=O) groups excluding carboxylic acids is 2. The van der Waals surface area contributed by atoms with E-state index in [0.717, 1.165) is 22.3 Å². The van der Waals surface area contributed by atoms with Crippen molar-refractivity contribution in [2.45, 2.75) is 18.0 Å². The van der Waals surface area contributed by atoms with Crippen LogP contribution in [0.2, 0.25) is 0 Å². The Balaban J connectivity index is 1.64. The van der Waals surface area contributed by atoms with Gasteiger partial charge in [-0.1, -0.05) is 48.5 Å². The van der Waals surface area contributed by atoms with Crippen LogP contribution in [-0.2, 0) is 19.1 Å². The summed E-state index contributed by atoms with van der Waals surface area (Å²) in [6.07, 6.45) is -0.784. The Hall–Kier alpha value is -3.43. The third kappa shape index (κ3) is 5.88. The zero-order chi connectivity index (χ0) is 24.0. The number of nitrogens with zero attached hydrogens (tertiary/aromatic N) is 1. The molecule has 33 heavy (non-hydrogen) atoms. The molecule has 9 heteroatoms. The number of likely N-dealkylation sites (N-methyl/N-ethyl adjacent to an activating group) is 1. The van der Waals surface area contributed by atoms with Crippen LogP contribution < -0.4 is 10.6 Å². The number of hydrogen-bond donors (Lipinski definition) is 3. The van der Waals surface area contributed by atoms with E-state index in [2.05, 4.69) is 10.6 Å². The van der Waals surface area contributed by atoms with Crippen LogP contribution in [-0.4, -0.2) is 81.0 Å². The number of carboxylic acid groups (broad SMARTS) is 1. The van der Waals surface area contributed by atoms with E-state index in [9.17, 15) is 19.5 Å². The van der Waals surface area contributed by atoms with Crippen LogP contribution in [0.15, 0.2) is 48.5 Å². The van der Waals surface area contributed by atoms with Crippen LogP contribution in [0.1, 0.15) is 17.0 Å². The third-order valence-corrected chi connectivity index (χ3v) is 5.45. The molecule has 0 fully saturated rings. The summed E-state index contributed by atoms with van der Waals surface area (Å²) in [7, 11) is 4.78. The second kappa shape index (κ2) is 10.9. The minimum absolute atomic E-state index is 0.0968. The number of rotatable bonds is 10. The number of ether oxygens (including phenoxy) is 2. The molecule has 1 unspecified atom stereocenters. The minimum Gasteiger partial charge on any atom is -0.480 e. The van der Waals surface area contributed by atoms with Crippen LogP contribution in [0.4, 0.5) is 4.79 Å². The number of carbonyl (C=O) groups is 3. The van der Waals surface area contributed by atoms with Crippen molar-refractivity contribution in [2.24, 2.45) is 0 Å². The maximum absolute atomic E-state index is 12.6. The number of alkyl carbamates (subject to hydrolysis) is 1. The maximum atomic E-state index is 12.6. The number of aliphatic carboxylic acids is 1. The highest BCUT2D eigenvalue weighted by Crippen LogP contribution is 2.44. The maximum Gasteiger partial charge on any atom is 0.407 e. The smallest absolute Gasteiger partial charge is 0.407 e. The van der Waals surface area contributed by atoms with E-state index in [0.29, 0.717) is 0 Å². The van der Waals surface area contributed by atoms with Crippen molar-refractivity contribution in [1.82, 2.24) is 15.5 Å². The largest absolute Gasteiger partial charge is 0.480 e. The summed E-state index contributed by atoms with van der Waals surface area (Å²) in [5, 5.41) is 14.3. The van der Waals surface area contributed by atoms with Crippen molar-refractivity contribution in [3.05, 3.63) is 59.7 Å². The van der Waals surface area contributed by atoms with Crippen LogP contribution in [0.3, 0.4) is 0 Å². The molecule has 0 spiro atoms. The molecule has 1 aliphatic carbocycles. The summed E-state index contributed by atoms with van der Waals surface area (Å²) >= 11 is 0. The summed E-state index contributed by atoms with van der Waals surface area (Å²) in [5.41, 5.74) is 4.37. The highest BCUT2D eigenvalue weighted by atomic mass is 16.5. The lowest BCUT2D eigenvalue weighted by Gasteiger charge is -2.23. The topological polar surface area (TPSA) is 117 Å². The predicted octanol–water partition coefficient (Wildman–Crippen LogP) is 1.67. The first-order chi connectivity index (χ1) is 15.8. The summed E-state index contributed by atoms with van der Waals surface area (Å²) in [6, 6.07) is 13.7. The lowest BCUT2D eigenvalue weighted by Crippen LogP contribution is -2.55. The molecule has 2 atom stereocenters. The van der Waals surface area contributed by atoms with Gasteiger partial charge in [-0.25, -0.2) is 9.59 Å². The molecule has 0 radical (unpaired) electrons. The number of benzene rings is 2.